The highest BCUT2D eigenvalue weighted by Gasteiger charge is 2.15. The molecule has 0 aliphatic carbocycles. The summed E-state index contributed by atoms with van der Waals surface area (Å²) in [5.41, 5.74) is 5.35. The highest BCUT2D eigenvalue weighted by atomic mass is 16.5. The van der Waals surface area contributed by atoms with E-state index in [-0.39, 0.29) is 6.23 Å². The summed E-state index contributed by atoms with van der Waals surface area (Å²) < 4.78 is 5.42. The monoisotopic (exact) mass is 202 g/mol. The van der Waals surface area contributed by atoms with E-state index in [1.165, 1.54) is 6.42 Å². The van der Waals surface area contributed by atoms with Crippen molar-refractivity contribution >= 4 is 5.97 Å². The normalized spacial score (nSPS) is 24.5. The van der Waals surface area contributed by atoms with Crippen molar-refractivity contribution < 1.29 is 14.6 Å². The van der Waals surface area contributed by atoms with Crippen molar-refractivity contribution in [3.05, 3.63) is 0 Å². The van der Waals surface area contributed by atoms with Crippen molar-refractivity contribution in [3.8, 4) is 0 Å². The molecule has 0 saturated carbocycles. The van der Waals surface area contributed by atoms with Gasteiger partial charge in [0.05, 0.1) is 0 Å². The first-order valence-corrected chi connectivity index (χ1v) is 5.03. The molecule has 5 nitrogen and oxygen atoms in total. The van der Waals surface area contributed by atoms with Gasteiger partial charge in [0.25, 0.3) is 0 Å². The Morgan fingerprint density at radius 2 is 2.43 bits per heavy atom. The highest BCUT2D eigenvalue weighted by molar-refractivity contribution is 5.72. The Balaban J connectivity index is 2.05. The number of carboxylic acid groups (broad SMARTS) is 1. The Morgan fingerprint density at radius 3 is 3.00 bits per heavy atom. The zero-order valence-corrected chi connectivity index (χ0v) is 8.24. The second kappa shape index (κ2) is 5.95. The molecular formula is C9H18N2O3. The Labute approximate surface area is 83.6 Å². The van der Waals surface area contributed by atoms with E-state index >= 15 is 0 Å². The summed E-state index contributed by atoms with van der Waals surface area (Å²) in [4.78, 5) is 10.4. The van der Waals surface area contributed by atoms with Crippen molar-refractivity contribution in [1.29, 1.82) is 0 Å². The zero-order chi connectivity index (χ0) is 10.4. The third-order valence-electron chi connectivity index (χ3n) is 2.32. The molecule has 1 aliphatic rings. The van der Waals surface area contributed by atoms with Gasteiger partial charge in [-0.15, -0.1) is 0 Å². The molecule has 0 radical (unpaired) electrons. The van der Waals surface area contributed by atoms with Crippen LogP contribution in [0.15, 0.2) is 0 Å². The van der Waals surface area contributed by atoms with Gasteiger partial charge in [0.2, 0.25) is 0 Å². The molecule has 14 heavy (non-hydrogen) atoms. The maximum absolute atomic E-state index is 10.4. The minimum atomic E-state index is -0.948. The number of nitrogens with two attached hydrogens (primary N) is 1. The van der Waals surface area contributed by atoms with Crippen LogP contribution in [0, 0.1) is 0 Å². The van der Waals surface area contributed by atoms with E-state index in [4.69, 9.17) is 15.6 Å². The fourth-order valence-corrected chi connectivity index (χ4v) is 1.43. The van der Waals surface area contributed by atoms with E-state index in [2.05, 4.69) is 5.32 Å². The molecule has 0 amide bonds. The van der Waals surface area contributed by atoms with Crippen molar-refractivity contribution in [1.82, 2.24) is 5.32 Å². The largest absolute Gasteiger partial charge is 0.480 e. The number of rotatable bonds is 5. The number of carbonyl (C=O) groups is 1. The first-order chi connectivity index (χ1) is 6.70. The third-order valence-corrected chi connectivity index (χ3v) is 2.32. The molecule has 1 rings (SSSR count). The molecule has 0 aromatic carbocycles. The van der Waals surface area contributed by atoms with E-state index < -0.39 is 12.0 Å². The Hall–Kier alpha value is -0.650. The average Bonchev–Trinajstić information content (AvgIpc) is 2.19. The summed E-state index contributed by atoms with van der Waals surface area (Å²) in [7, 11) is 0. The Morgan fingerprint density at radius 1 is 1.64 bits per heavy atom. The summed E-state index contributed by atoms with van der Waals surface area (Å²) in [5.74, 6) is -0.948. The number of carboxylic acids is 1. The minimum Gasteiger partial charge on any atom is -0.480 e. The smallest absolute Gasteiger partial charge is 0.320 e. The van der Waals surface area contributed by atoms with Gasteiger partial charge in [-0.1, -0.05) is 0 Å². The fraction of sp³-hybridized carbons (Fsp3) is 0.889. The zero-order valence-electron chi connectivity index (χ0n) is 8.24. The van der Waals surface area contributed by atoms with Crippen molar-refractivity contribution in [2.75, 3.05) is 13.2 Å². The maximum Gasteiger partial charge on any atom is 0.320 e. The van der Waals surface area contributed by atoms with Gasteiger partial charge in [0.15, 0.2) is 0 Å². The summed E-state index contributed by atoms with van der Waals surface area (Å²) in [6.07, 6.45) is 3.82. The Kier molecular flexibility index (Phi) is 4.86. The summed E-state index contributed by atoms with van der Waals surface area (Å²) in [6, 6.07) is -0.772. The van der Waals surface area contributed by atoms with E-state index in [0.29, 0.717) is 13.0 Å². The molecule has 1 aliphatic heterocycles. The van der Waals surface area contributed by atoms with Crippen LogP contribution in [-0.2, 0) is 9.53 Å². The average molecular weight is 202 g/mol. The third kappa shape index (κ3) is 4.04. The lowest BCUT2D eigenvalue weighted by Crippen LogP contribution is -2.39. The molecule has 1 fully saturated rings. The van der Waals surface area contributed by atoms with Gasteiger partial charge in [-0.05, 0) is 32.2 Å². The van der Waals surface area contributed by atoms with E-state index in [1.807, 2.05) is 0 Å². The van der Waals surface area contributed by atoms with Crippen LogP contribution in [0.5, 0.6) is 0 Å². The van der Waals surface area contributed by atoms with Gasteiger partial charge in [0.1, 0.15) is 12.3 Å². The standard InChI is InChI=1S/C9H18N2O3/c10-7(9(12)13)4-5-11-8-3-1-2-6-14-8/h7-8,11H,1-6,10H2,(H,12,13). The van der Waals surface area contributed by atoms with Gasteiger partial charge in [-0.2, -0.15) is 0 Å². The van der Waals surface area contributed by atoms with Gasteiger partial charge in [0, 0.05) is 6.61 Å². The lowest BCUT2D eigenvalue weighted by molar-refractivity contribution is -0.138. The molecule has 2 atom stereocenters. The fourth-order valence-electron chi connectivity index (χ4n) is 1.43. The first-order valence-electron chi connectivity index (χ1n) is 5.03. The minimum absolute atomic E-state index is 0.0877. The predicted molar refractivity (Wildman–Crippen MR) is 51.8 cm³/mol. The van der Waals surface area contributed by atoms with Crippen LogP contribution in [0.4, 0.5) is 0 Å². The highest BCUT2D eigenvalue weighted by Crippen LogP contribution is 2.09. The topological polar surface area (TPSA) is 84.6 Å². The lowest BCUT2D eigenvalue weighted by Gasteiger charge is -2.23. The number of aliphatic carboxylic acids is 1. The van der Waals surface area contributed by atoms with Crippen LogP contribution >= 0.6 is 0 Å². The van der Waals surface area contributed by atoms with Crippen molar-refractivity contribution in [2.24, 2.45) is 5.73 Å². The van der Waals surface area contributed by atoms with E-state index in [0.717, 1.165) is 19.4 Å². The quantitative estimate of drug-likeness (QED) is 0.580. The van der Waals surface area contributed by atoms with Gasteiger partial charge in [-0.3, -0.25) is 10.1 Å². The first kappa shape index (κ1) is 11.4. The number of hydrogen-bond acceptors (Lipinski definition) is 4. The SMILES string of the molecule is NC(CCNC1CCCCO1)C(=O)O. The molecular weight excluding hydrogens is 184 g/mol. The van der Waals surface area contributed by atoms with Crippen LogP contribution < -0.4 is 11.1 Å². The van der Waals surface area contributed by atoms with Crippen LogP contribution in [0.1, 0.15) is 25.7 Å². The molecule has 1 heterocycles. The summed E-state index contributed by atoms with van der Waals surface area (Å²) in [5, 5.41) is 11.7. The summed E-state index contributed by atoms with van der Waals surface area (Å²) in [6.45, 7) is 1.39. The molecule has 0 spiro atoms. The molecule has 1 saturated heterocycles. The van der Waals surface area contributed by atoms with Gasteiger partial charge >= 0.3 is 5.97 Å². The summed E-state index contributed by atoms with van der Waals surface area (Å²) >= 11 is 0. The number of nitrogens with one attached hydrogen (secondary N) is 1. The second-order valence-corrected chi connectivity index (χ2v) is 3.54. The predicted octanol–water partition coefficient (Wildman–Crippen LogP) is -0.0954. The molecule has 0 bridgehead atoms. The van der Waals surface area contributed by atoms with Crippen molar-refractivity contribution in [3.63, 3.8) is 0 Å². The Bertz CT molecular complexity index is 181. The van der Waals surface area contributed by atoms with Crippen LogP contribution in [0.3, 0.4) is 0 Å². The second-order valence-electron chi connectivity index (χ2n) is 3.54. The van der Waals surface area contributed by atoms with Crippen molar-refractivity contribution in [2.45, 2.75) is 38.0 Å². The van der Waals surface area contributed by atoms with E-state index in [1.54, 1.807) is 0 Å². The van der Waals surface area contributed by atoms with Crippen LogP contribution in [-0.4, -0.2) is 36.5 Å². The van der Waals surface area contributed by atoms with Crippen LogP contribution in [0.2, 0.25) is 0 Å². The molecule has 2 unspecified atom stereocenters. The maximum atomic E-state index is 10.4. The molecule has 82 valence electrons. The number of hydrogen-bond donors (Lipinski definition) is 3. The van der Waals surface area contributed by atoms with Crippen LogP contribution in [0.25, 0.3) is 0 Å². The van der Waals surface area contributed by atoms with E-state index in [9.17, 15) is 4.79 Å². The number of ether oxygens (including phenoxy) is 1. The molecule has 5 heteroatoms. The molecule has 0 aromatic rings. The van der Waals surface area contributed by atoms with Gasteiger partial charge in [-0.25, -0.2) is 0 Å². The molecule has 0 aromatic heterocycles. The lowest BCUT2D eigenvalue weighted by atomic mass is 10.2. The van der Waals surface area contributed by atoms with Gasteiger partial charge < -0.3 is 15.6 Å². The molecule has 4 N–H and O–H groups in total.